The Morgan fingerprint density at radius 1 is 1.10 bits per heavy atom. The van der Waals surface area contributed by atoms with Gasteiger partial charge in [0.1, 0.15) is 5.76 Å². The second-order valence-corrected chi connectivity index (χ2v) is 9.11. The summed E-state index contributed by atoms with van der Waals surface area (Å²) in [6.45, 7) is 1.40. The summed E-state index contributed by atoms with van der Waals surface area (Å²) in [5.74, 6) is 1.37. The average molecular weight is 453 g/mol. The first-order valence-electron chi connectivity index (χ1n) is 10.2. The van der Waals surface area contributed by atoms with Crippen LogP contribution in [0.3, 0.4) is 0 Å². The van der Waals surface area contributed by atoms with Crippen molar-refractivity contribution in [1.29, 1.82) is 0 Å². The van der Waals surface area contributed by atoms with Crippen LogP contribution in [0.25, 0.3) is 21.0 Å². The van der Waals surface area contributed by atoms with E-state index in [0.29, 0.717) is 49.1 Å². The lowest BCUT2D eigenvalue weighted by atomic mass is 9.73. The zero-order valence-electron chi connectivity index (χ0n) is 16.8. The number of furan rings is 1. The highest BCUT2D eigenvalue weighted by Gasteiger charge is 2.41. The van der Waals surface area contributed by atoms with E-state index in [9.17, 15) is 4.79 Å². The summed E-state index contributed by atoms with van der Waals surface area (Å²) < 4.78 is 12.6. The molecule has 158 valence electrons. The summed E-state index contributed by atoms with van der Waals surface area (Å²) in [5, 5.41) is 4.53. The van der Waals surface area contributed by atoms with Gasteiger partial charge in [-0.1, -0.05) is 35.9 Å². The van der Waals surface area contributed by atoms with Crippen LogP contribution < -0.4 is 5.32 Å². The predicted octanol–water partition coefficient (Wildman–Crippen LogP) is 5.57. The van der Waals surface area contributed by atoms with Crippen molar-refractivity contribution in [3.8, 4) is 10.8 Å². The number of fused-ring (bicyclic) bond motifs is 1. The second-order valence-electron chi connectivity index (χ2n) is 7.64. The van der Waals surface area contributed by atoms with Crippen LogP contribution in [-0.2, 0) is 21.5 Å². The smallest absolute Gasteiger partial charge is 0.231 e. The average Bonchev–Trinajstić information content (AvgIpc) is 3.45. The molecule has 1 aliphatic heterocycles. The normalized spacial score (nSPS) is 15.8. The van der Waals surface area contributed by atoms with Gasteiger partial charge >= 0.3 is 0 Å². The van der Waals surface area contributed by atoms with Gasteiger partial charge in [-0.05, 0) is 54.8 Å². The van der Waals surface area contributed by atoms with Crippen molar-refractivity contribution < 1.29 is 13.9 Å². The molecule has 3 heterocycles. The van der Waals surface area contributed by atoms with E-state index >= 15 is 0 Å². The van der Waals surface area contributed by atoms with E-state index in [1.807, 2.05) is 60.7 Å². The van der Waals surface area contributed by atoms with Crippen molar-refractivity contribution in [3.05, 3.63) is 77.0 Å². The SMILES string of the molecule is O=C(NCc1ccc(-c2nc3ccccc3s2)o1)C1(c2cccc(Cl)c2)CCOCC1. The molecule has 0 bridgehead atoms. The summed E-state index contributed by atoms with van der Waals surface area (Å²) in [7, 11) is 0. The van der Waals surface area contributed by atoms with Crippen LogP contribution in [0, 0.1) is 0 Å². The van der Waals surface area contributed by atoms with Gasteiger partial charge < -0.3 is 14.5 Å². The second kappa shape index (κ2) is 8.46. The highest BCUT2D eigenvalue weighted by atomic mass is 35.5. The van der Waals surface area contributed by atoms with Gasteiger partial charge in [0.05, 0.1) is 22.2 Å². The number of thiazole rings is 1. The Morgan fingerprint density at radius 2 is 1.94 bits per heavy atom. The van der Waals surface area contributed by atoms with Crippen LogP contribution in [0.15, 0.2) is 65.1 Å². The molecule has 2 aromatic carbocycles. The van der Waals surface area contributed by atoms with Gasteiger partial charge in [0.25, 0.3) is 0 Å². The molecule has 0 radical (unpaired) electrons. The number of halogens is 1. The third-order valence-electron chi connectivity index (χ3n) is 5.75. The Bertz CT molecular complexity index is 1190. The molecule has 0 atom stereocenters. The molecule has 1 N–H and O–H groups in total. The van der Waals surface area contributed by atoms with Crippen molar-refractivity contribution >= 4 is 39.1 Å². The third-order valence-corrected chi connectivity index (χ3v) is 7.03. The first-order chi connectivity index (χ1) is 15.1. The molecule has 7 heteroatoms. The molecule has 5 rings (SSSR count). The number of benzene rings is 2. The molecular formula is C24H21ClN2O3S. The van der Waals surface area contributed by atoms with E-state index in [1.165, 1.54) is 0 Å². The van der Waals surface area contributed by atoms with Crippen LogP contribution in [0.5, 0.6) is 0 Å². The Hall–Kier alpha value is -2.67. The molecule has 0 unspecified atom stereocenters. The number of aromatic nitrogens is 1. The quantitative estimate of drug-likeness (QED) is 0.429. The van der Waals surface area contributed by atoms with Crippen molar-refractivity contribution in [1.82, 2.24) is 10.3 Å². The van der Waals surface area contributed by atoms with Crippen LogP contribution in [0.1, 0.15) is 24.2 Å². The molecule has 1 saturated heterocycles. The number of nitrogens with zero attached hydrogens (tertiary/aromatic N) is 1. The Labute approximate surface area is 189 Å². The van der Waals surface area contributed by atoms with Gasteiger partial charge in [0, 0.05) is 18.2 Å². The summed E-state index contributed by atoms with van der Waals surface area (Å²) in [6.07, 6.45) is 1.24. The number of nitrogens with one attached hydrogen (secondary N) is 1. The third kappa shape index (κ3) is 3.99. The molecule has 0 saturated carbocycles. The molecule has 5 nitrogen and oxygen atoms in total. The summed E-state index contributed by atoms with van der Waals surface area (Å²) in [5.41, 5.74) is 1.23. The van der Waals surface area contributed by atoms with E-state index in [2.05, 4.69) is 10.3 Å². The van der Waals surface area contributed by atoms with Gasteiger partial charge in [-0.15, -0.1) is 11.3 Å². The maximum Gasteiger partial charge on any atom is 0.231 e. The largest absolute Gasteiger partial charge is 0.457 e. The zero-order chi connectivity index (χ0) is 21.3. The number of rotatable bonds is 5. The summed E-state index contributed by atoms with van der Waals surface area (Å²) in [4.78, 5) is 18.0. The van der Waals surface area contributed by atoms with Gasteiger partial charge in [-0.3, -0.25) is 4.79 Å². The maximum absolute atomic E-state index is 13.3. The summed E-state index contributed by atoms with van der Waals surface area (Å²) >= 11 is 7.80. The maximum atomic E-state index is 13.3. The predicted molar refractivity (Wildman–Crippen MR) is 122 cm³/mol. The lowest BCUT2D eigenvalue weighted by molar-refractivity contribution is -0.130. The first kappa shape index (κ1) is 20.2. The number of carbonyl (C=O) groups excluding carboxylic acids is 1. The molecule has 1 amide bonds. The highest BCUT2D eigenvalue weighted by Crippen LogP contribution is 2.36. The fourth-order valence-corrected chi connectivity index (χ4v) is 5.17. The topological polar surface area (TPSA) is 64.4 Å². The number of hydrogen-bond acceptors (Lipinski definition) is 5. The van der Waals surface area contributed by atoms with Crippen molar-refractivity contribution in [2.24, 2.45) is 0 Å². The molecule has 2 aromatic heterocycles. The standard InChI is InChI=1S/C24H21ClN2O3S/c25-17-5-3-4-16(14-17)24(10-12-29-13-11-24)23(28)26-15-18-8-9-20(30-18)22-27-19-6-1-2-7-21(19)31-22/h1-9,14H,10-13,15H2,(H,26,28). The molecule has 0 spiro atoms. The molecule has 31 heavy (non-hydrogen) atoms. The number of para-hydroxylation sites is 1. The number of carbonyl (C=O) groups is 1. The molecule has 0 aliphatic carbocycles. The van der Waals surface area contributed by atoms with Crippen molar-refractivity contribution in [2.75, 3.05) is 13.2 Å². The minimum Gasteiger partial charge on any atom is -0.457 e. The zero-order valence-corrected chi connectivity index (χ0v) is 18.3. The Kier molecular flexibility index (Phi) is 5.52. The van der Waals surface area contributed by atoms with E-state index in [1.54, 1.807) is 11.3 Å². The molecular weight excluding hydrogens is 432 g/mol. The van der Waals surface area contributed by atoms with Gasteiger partial charge in [0.2, 0.25) is 5.91 Å². The molecule has 1 aliphatic rings. The summed E-state index contributed by atoms with van der Waals surface area (Å²) in [6, 6.07) is 19.4. The van der Waals surface area contributed by atoms with E-state index < -0.39 is 5.41 Å². The number of amides is 1. The molecule has 4 aromatic rings. The minimum atomic E-state index is -0.647. The lowest BCUT2D eigenvalue weighted by Crippen LogP contribution is -2.47. The molecule has 1 fully saturated rings. The Balaban J connectivity index is 1.33. The van der Waals surface area contributed by atoms with Crippen LogP contribution in [0.4, 0.5) is 0 Å². The van der Waals surface area contributed by atoms with Gasteiger partial charge in [-0.2, -0.15) is 0 Å². The van der Waals surface area contributed by atoms with E-state index in [-0.39, 0.29) is 5.91 Å². The minimum absolute atomic E-state index is 0.0315. The Morgan fingerprint density at radius 3 is 2.74 bits per heavy atom. The van der Waals surface area contributed by atoms with Crippen LogP contribution in [-0.4, -0.2) is 24.1 Å². The van der Waals surface area contributed by atoms with Crippen molar-refractivity contribution in [3.63, 3.8) is 0 Å². The van der Waals surface area contributed by atoms with Crippen molar-refractivity contribution in [2.45, 2.75) is 24.8 Å². The first-order valence-corrected chi connectivity index (χ1v) is 11.4. The number of hydrogen-bond donors (Lipinski definition) is 1. The lowest BCUT2D eigenvalue weighted by Gasteiger charge is -2.36. The van der Waals surface area contributed by atoms with Gasteiger partial charge in [-0.25, -0.2) is 4.98 Å². The van der Waals surface area contributed by atoms with Crippen LogP contribution >= 0.6 is 22.9 Å². The fraction of sp³-hybridized carbons (Fsp3) is 0.250. The van der Waals surface area contributed by atoms with Crippen LogP contribution in [0.2, 0.25) is 5.02 Å². The monoisotopic (exact) mass is 452 g/mol. The number of ether oxygens (including phenoxy) is 1. The fourth-order valence-electron chi connectivity index (χ4n) is 4.05. The van der Waals surface area contributed by atoms with E-state index in [0.717, 1.165) is 20.8 Å². The van der Waals surface area contributed by atoms with E-state index in [4.69, 9.17) is 20.8 Å². The highest BCUT2D eigenvalue weighted by molar-refractivity contribution is 7.21. The van der Waals surface area contributed by atoms with Gasteiger partial charge in [0.15, 0.2) is 10.8 Å².